The molecule has 0 radical (unpaired) electrons. The molecule has 4 heterocycles. The number of rotatable bonds is 4. The molecule has 6 aromatic carbocycles. The van der Waals surface area contributed by atoms with E-state index in [0.717, 1.165) is 102 Å². The number of nitrogens with zero attached hydrogens (tertiary/aromatic N) is 3. The number of aliphatic imine (C=N–C) groups is 3. The lowest BCUT2D eigenvalue weighted by Crippen LogP contribution is -2.33. The van der Waals surface area contributed by atoms with E-state index in [4.69, 9.17) is 18.8 Å². The van der Waals surface area contributed by atoms with Gasteiger partial charge in [-0.25, -0.2) is 9.98 Å². The van der Waals surface area contributed by atoms with Crippen molar-refractivity contribution in [2.24, 2.45) is 15.0 Å². The number of nitrogens with one attached hydrogen (secondary N) is 1. The Hall–Kier alpha value is -6.27. The third-order valence-electron chi connectivity index (χ3n) is 9.49. The second-order valence-electron chi connectivity index (χ2n) is 12.3. The van der Waals surface area contributed by atoms with Crippen LogP contribution in [0, 0.1) is 0 Å². The molecule has 0 bridgehead atoms. The monoisotopic (exact) mass is 620 g/mol. The lowest BCUT2D eigenvalue weighted by Gasteiger charge is -2.25. The zero-order valence-corrected chi connectivity index (χ0v) is 25.9. The largest absolute Gasteiger partial charge is 0.460 e. The van der Waals surface area contributed by atoms with Gasteiger partial charge in [-0.1, -0.05) is 109 Å². The number of amidine groups is 2. The number of para-hydroxylation sites is 1. The normalized spacial score (nSPS) is 15.9. The van der Waals surface area contributed by atoms with Gasteiger partial charge in [-0.15, -0.1) is 0 Å². The first-order chi connectivity index (χ1) is 23.8. The second kappa shape index (κ2) is 10.6. The molecule has 6 heteroatoms. The molecule has 0 saturated heterocycles. The molecule has 0 aliphatic carbocycles. The van der Waals surface area contributed by atoms with Gasteiger partial charge in [0.05, 0.1) is 0 Å². The van der Waals surface area contributed by atoms with Gasteiger partial charge in [-0.2, -0.15) is 0 Å². The van der Waals surface area contributed by atoms with Crippen LogP contribution in [-0.4, -0.2) is 24.4 Å². The van der Waals surface area contributed by atoms with Crippen LogP contribution in [0.5, 0.6) is 0 Å². The van der Waals surface area contributed by atoms with Crippen LogP contribution in [-0.2, 0) is 6.42 Å². The Labute approximate surface area is 275 Å². The van der Waals surface area contributed by atoms with Gasteiger partial charge >= 0.3 is 0 Å². The third kappa shape index (κ3) is 4.16. The fraction of sp³-hybridized carbons (Fsp3) is 0.0714. The molecule has 1 N–H and O–H groups in total. The number of hydrogen-bond acceptors (Lipinski definition) is 6. The highest BCUT2D eigenvalue weighted by Crippen LogP contribution is 2.40. The molecule has 1 atom stereocenters. The van der Waals surface area contributed by atoms with Crippen LogP contribution >= 0.6 is 0 Å². The van der Waals surface area contributed by atoms with Crippen molar-refractivity contribution in [2.75, 3.05) is 6.54 Å². The Morgan fingerprint density at radius 2 is 1.27 bits per heavy atom. The van der Waals surface area contributed by atoms with E-state index < -0.39 is 6.17 Å². The van der Waals surface area contributed by atoms with E-state index in [1.807, 2.05) is 54.7 Å². The molecule has 48 heavy (non-hydrogen) atoms. The molecule has 0 saturated carbocycles. The minimum atomic E-state index is -0.391. The summed E-state index contributed by atoms with van der Waals surface area (Å²) in [5.41, 5.74) is 8.94. The fourth-order valence-corrected chi connectivity index (χ4v) is 7.33. The molecular formula is C42H28N4O2. The van der Waals surface area contributed by atoms with Crippen molar-refractivity contribution in [1.82, 2.24) is 5.32 Å². The maximum Gasteiger partial charge on any atom is 0.160 e. The van der Waals surface area contributed by atoms with Gasteiger partial charge in [0, 0.05) is 57.6 Å². The minimum absolute atomic E-state index is 0.391. The molecule has 1 unspecified atom stereocenters. The maximum atomic E-state index is 6.30. The maximum absolute atomic E-state index is 6.30. The van der Waals surface area contributed by atoms with Gasteiger partial charge in [-0.3, -0.25) is 4.99 Å². The summed E-state index contributed by atoms with van der Waals surface area (Å²) in [7, 11) is 0. The van der Waals surface area contributed by atoms with Crippen LogP contribution < -0.4 is 5.32 Å². The summed E-state index contributed by atoms with van der Waals surface area (Å²) in [4.78, 5) is 15.1. The Morgan fingerprint density at radius 1 is 0.583 bits per heavy atom. The molecular weight excluding hydrogens is 592 g/mol. The minimum Gasteiger partial charge on any atom is -0.460 e. The number of furan rings is 2. The van der Waals surface area contributed by atoms with E-state index in [1.54, 1.807) is 0 Å². The van der Waals surface area contributed by atoms with Crippen molar-refractivity contribution in [3.63, 3.8) is 0 Å². The van der Waals surface area contributed by atoms with E-state index in [1.165, 1.54) is 0 Å². The molecule has 0 spiro atoms. The average Bonchev–Trinajstić information content (AvgIpc) is 3.73. The lowest BCUT2D eigenvalue weighted by atomic mass is 9.92. The van der Waals surface area contributed by atoms with E-state index in [0.29, 0.717) is 5.84 Å². The van der Waals surface area contributed by atoms with Gasteiger partial charge in [-0.05, 0) is 40.1 Å². The van der Waals surface area contributed by atoms with Crippen LogP contribution in [0.4, 0.5) is 0 Å². The van der Waals surface area contributed by atoms with E-state index >= 15 is 0 Å². The number of hydrogen-bond donors (Lipinski definition) is 1. The molecule has 10 rings (SSSR count). The smallest absolute Gasteiger partial charge is 0.160 e. The molecule has 228 valence electrons. The highest BCUT2D eigenvalue weighted by atomic mass is 16.3. The quantitative estimate of drug-likeness (QED) is 0.213. The number of benzene rings is 6. The van der Waals surface area contributed by atoms with Gasteiger partial charge in [0.25, 0.3) is 0 Å². The molecule has 2 aromatic heterocycles. The van der Waals surface area contributed by atoms with Crippen molar-refractivity contribution in [3.05, 3.63) is 155 Å². The predicted molar refractivity (Wildman–Crippen MR) is 194 cm³/mol. The number of fused-ring (bicyclic) bond motifs is 7. The SMILES string of the molecule is C1=NCCc2oc3cccc(C4N=C(c5cccc6c(-c7cccc8oc9ccccc9c78)cccc56)N=C(c5ccccc5)N4)c3c21. The van der Waals surface area contributed by atoms with Gasteiger partial charge in [0.1, 0.15) is 34.5 Å². The molecule has 0 amide bonds. The van der Waals surface area contributed by atoms with Crippen molar-refractivity contribution in [2.45, 2.75) is 12.6 Å². The van der Waals surface area contributed by atoms with Crippen LogP contribution in [0.2, 0.25) is 0 Å². The summed E-state index contributed by atoms with van der Waals surface area (Å²) in [5, 5.41) is 9.15. The molecule has 8 aromatic rings. The second-order valence-corrected chi connectivity index (χ2v) is 12.3. The van der Waals surface area contributed by atoms with Crippen LogP contribution in [0.15, 0.2) is 151 Å². The zero-order valence-electron chi connectivity index (χ0n) is 25.9. The lowest BCUT2D eigenvalue weighted by molar-refractivity contribution is 0.547. The molecule has 6 nitrogen and oxygen atoms in total. The summed E-state index contributed by atoms with van der Waals surface area (Å²) >= 11 is 0. The summed E-state index contributed by atoms with van der Waals surface area (Å²) < 4.78 is 12.6. The predicted octanol–water partition coefficient (Wildman–Crippen LogP) is 9.62. The van der Waals surface area contributed by atoms with E-state index in [9.17, 15) is 0 Å². The first-order valence-electron chi connectivity index (χ1n) is 16.3. The first kappa shape index (κ1) is 26.9. The van der Waals surface area contributed by atoms with E-state index in [-0.39, 0.29) is 0 Å². The Bertz CT molecular complexity index is 2660. The molecule has 0 fully saturated rings. The standard InChI is InChI=1S/C42H28N4O2/c1-2-10-25(11-3-1)40-44-41(46-42(45-40)32-18-9-21-37-39(32)33-24-43-23-22-35(33)48-37)30-17-7-13-26-27(14-6-15-28(26)30)29-16-8-20-36-38(29)31-12-4-5-19-34(31)47-36/h1-21,24,42H,22-23H2,(H,44,45,46). The highest BCUT2D eigenvalue weighted by molar-refractivity contribution is 6.21. The van der Waals surface area contributed by atoms with Gasteiger partial charge < -0.3 is 14.2 Å². The van der Waals surface area contributed by atoms with Crippen molar-refractivity contribution >= 4 is 61.6 Å². The zero-order chi connectivity index (χ0) is 31.6. The van der Waals surface area contributed by atoms with Crippen molar-refractivity contribution < 1.29 is 8.83 Å². The Morgan fingerprint density at radius 3 is 2.17 bits per heavy atom. The Kier molecular flexibility index (Phi) is 5.96. The Balaban J connectivity index is 1.18. The third-order valence-corrected chi connectivity index (χ3v) is 9.49. The first-order valence-corrected chi connectivity index (χ1v) is 16.3. The fourth-order valence-electron chi connectivity index (χ4n) is 7.33. The van der Waals surface area contributed by atoms with Crippen molar-refractivity contribution in [3.8, 4) is 11.1 Å². The van der Waals surface area contributed by atoms with Gasteiger partial charge in [0.2, 0.25) is 0 Å². The summed E-state index contributed by atoms with van der Waals surface area (Å²) in [5.74, 6) is 2.43. The van der Waals surface area contributed by atoms with Gasteiger partial charge in [0.15, 0.2) is 5.84 Å². The summed E-state index contributed by atoms with van der Waals surface area (Å²) in [6.07, 6.45) is 2.35. The highest BCUT2D eigenvalue weighted by Gasteiger charge is 2.27. The van der Waals surface area contributed by atoms with E-state index in [2.05, 4.69) is 89.2 Å². The molecule has 2 aliphatic heterocycles. The van der Waals surface area contributed by atoms with Crippen molar-refractivity contribution in [1.29, 1.82) is 0 Å². The van der Waals surface area contributed by atoms with Crippen LogP contribution in [0.1, 0.15) is 34.2 Å². The summed E-state index contributed by atoms with van der Waals surface area (Å²) in [6.45, 7) is 0.741. The molecule has 2 aliphatic rings. The van der Waals surface area contributed by atoms with Crippen LogP contribution in [0.25, 0.3) is 54.8 Å². The van der Waals surface area contributed by atoms with Crippen LogP contribution in [0.3, 0.4) is 0 Å². The topological polar surface area (TPSA) is 75.4 Å². The summed E-state index contributed by atoms with van der Waals surface area (Å²) in [6, 6.07) is 43.9. The average molecular weight is 621 g/mol.